The summed E-state index contributed by atoms with van der Waals surface area (Å²) in [4.78, 5) is 20.8. The van der Waals surface area contributed by atoms with Crippen LogP contribution in [-0.2, 0) is 37.4 Å². The number of epoxide rings is 3. The van der Waals surface area contributed by atoms with E-state index in [2.05, 4.69) is 11.4 Å². The molecule has 10 heteroatoms. The Labute approximate surface area is 183 Å². The van der Waals surface area contributed by atoms with Gasteiger partial charge in [0.1, 0.15) is 12.7 Å². The minimum absolute atomic E-state index is 0.0321. The van der Waals surface area contributed by atoms with Gasteiger partial charge in [0.2, 0.25) is 0 Å². The zero-order valence-corrected chi connectivity index (χ0v) is 19.1. The number of rotatable bonds is 15. The van der Waals surface area contributed by atoms with E-state index < -0.39 is 13.9 Å². The number of hydrogen-bond acceptors (Lipinski definition) is 8. The lowest BCUT2D eigenvalue weighted by Gasteiger charge is -2.08. The summed E-state index contributed by atoms with van der Waals surface area (Å²) in [6.07, 6.45) is 11.5. The molecule has 4 aliphatic heterocycles. The van der Waals surface area contributed by atoms with Crippen LogP contribution >= 0.6 is 7.82 Å². The fourth-order valence-corrected chi connectivity index (χ4v) is 5.26. The molecule has 1 N–H and O–H groups in total. The van der Waals surface area contributed by atoms with E-state index >= 15 is 0 Å². The van der Waals surface area contributed by atoms with Crippen LogP contribution in [0, 0.1) is 0 Å². The van der Waals surface area contributed by atoms with Crippen LogP contribution in [0.3, 0.4) is 0 Å². The quantitative estimate of drug-likeness (QED) is 0.169. The molecule has 4 rings (SSSR count). The molecule has 4 heterocycles. The third-order valence-corrected chi connectivity index (χ3v) is 7.44. The average Bonchev–Trinajstić information content (AvgIpc) is 3.67. The molecule has 0 saturated carbocycles. The van der Waals surface area contributed by atoms with E-state index in [0.29, 0.717) is 43.0 Å². The Morgan fingerprint density at radius 1 is 0.935 bits per heavy atom. The number of hydrogen-bond donors (Lipinski definition) is 1. The predicted octanol–water partition coefficient (Wildman–Crippen LogP) is 3.27. The van der Waals surface area contributed by atoms with Crippen molar-refractivity contribution in [3.05, 3.63) is 0 Å². The van der Waals surface area contributed by atoms with E-state index in [9.17, 15) is 9.36 Å². The molecular formula is C21H35O9P. The van der Waals surface area contributed by atoms with Gasteiger partial charge in [0.05, 0.1) is 43.2 Å². The molecule has 0 spiro atoms. The summed E-state index contributed by atoms with van der Waals surface area (Å²) in [5.41, 5.74) is 0. The van der Waals surface area contributed by atoms with E-state index in [1.807, 2.05) is 0 Å². The number of carbonyl (C=O) groups is 1. The third-order valence-electron chi connectivity index (χ3n) is 6.40. The van der Waals surface area contributed by atoms with Crippen molar-refractivity contribution >= 4 is 13.8 Å². The smallest absolute Gasteiger partial charge is 0.463 e. The first-order chi connectivity index (χ1) is 14.9. The molecule has 4 aliphatic rings. The molecular weight excluding hydrogens is 427 g/mol. The second kappa shape index (κ2) is 10.6. The van der Waals surface area contributed by atoms with E-state index in [1.54, 1.807) is 0 Å². The van der Waals surface area contributed by atoms with Crippen LogP contribution in [0.15, 0.2) is 0 Å². The first kappa shape index (κ1) is 23.6. The van der Waals surface area contributed by atoms with Crippen LogP contribution in [-0.4, -0.2) is 66.8 Å². The highest BCUT2D eigenvalue weighted by Crippen LogP contribution is 2.49. The van der Waals surface area contributed by atoms with Crippen molar-refractivity contribution < 1.29 is 42.2 Å². The maximum Gasteiger partial charge on any atom is 0.472 e. The molecule has 4 saturated heterocycles. The first-order valence-electron chi connectivity index (χ1n) is 11.7. The van der Waals surface area contributed by atoms with E-state index in [-0.39, 0.29) is 19.2 Å². The molecule has 31 heavy (non-hydrogen) atoms. The van der Waals surface area contributed by atoms with Gasteiger partial charge < -0.3 is 23.8 Å². The van der Waals surface area contributed by atoms with Gasteiger partial charge in [0.15, 0.2) is 0 Å². The van der Waals surface area contributed by atoms with Crippen molar-refractivity contribution in [1.29, 1.82) is 0 Å². The summed E-state index contributed by atoms with van der Waals surface area (Å²) in [5, 5.41) is 0. The SMILES string of the molecule is CCC1OC1CC1OC1CC1OC1CCCCCCCC(=O)OCC1COP(=O)(O)O1. The second-order valence-corrected chi connectivity index (χ2v) is 10.4. The molecule has 8 atom stereocenters. The van der Waals surface area contributed by atoms with Gasteiger partial charge in [-0.1, -0.05) is 32.6 Å². The van der Waals surface area contributed by atoms with Crippen LogP contribution in [0.2, 0.25) is 0 Å². The number of phosphoric acid groups is 1. The Kier molecular flexibility index (Phi) is 8.07. The van der Waals surface area contributed by atoms with Crippen molar-refractivity contribution in [3.63, 3.8) is 0 Å². The van der Waals surface area contributed by atoms with Gasteiger partial charge in [0.25, 0.3) is 0 Å². The van der Waals surface area contributed by atoms with E-state index in [4.69, 9.17) is 28.4 Å². The Hall–Kier alpha value is -0.540. The van der Waals surface area contributed by atoms with Crippen LogP contribution < -0.4 is 0 Å². The molecule has 8 unspecified atom stereocenters. The summed E-state index contributed by atoms with van der Waals surface area (Å²) < 4.78 is 42.6. The maximum atomic E-state index is 11.7. The number of ether oxygens (including phenoxy) is 4. The fourth-order valence-electron chi connectivity index (χ4n) is 4.35. The number of phosphoric ester groups is 1. The lowest BCUT2D eigenvalue weighted by Crippen LogP contribution is -2.20. The third kappa shape index (κ3) is 7.77. The largest absolute Gasteiger partial charge is 0.472 e. The monoisotopic (exact) mass is 462 g/mol. The van der Waals surface area contributed by atoms with Crippen LogP contribution in [0.25, 0.3) is 0 Å². The molecule has 0 aromatic rings. The lowest BCUT2D eigenvalue weighted by atomic mass is 10.0. The fraction of sp³-hybridized carbons (Fsp3) is 0.952. The molecule has 9 nitrogen and oxygen atoms in total. The van der Waals surface area contributed by atoms with Gasteiger partial charge in [-0.2, -0.15) is 0 Å². The Morgan fingerprint density at radius 2 is 1.55 bits per heavy atom. The van der Waals surface area contributed by atoms with Crippen molar-refractivity contribution in [1.82, 2.24) is 0 Å². The van der Waals surface area contributed by atoms with E-state index in [0.717, 1.165) is 57.8 Å². The first-order valence-corrected chi connectivity index (χ1v) is 13.2. The second-order valence-electron chi connectivity index (χ2n) is 9.00. The van der Waals surface area contributed by atoms with Crippen molar-refractivity contribution in [3.8, 4) is 0 Å². The molecule has 0 aliphatic carbocycles. The Bertz CT molecular complexity index is 659. The van der Waals surface area contributed by atoms with Crippen LogP contribution in [0.1, 0.15) is 71.1 Å². The zero-order chi connectivity index (χ0) is 21.8. The van der Waals surface area contributed by atoms with Crippen LogP contribution in [0.4, 0.5) is 0 Å². The summed E-state index contributed by atoms with van der Waals surface area (Å²) in [6.45, 7) is 2.08. The van der Waals surface area contributed by atoms with Gasteiger partial charge >= 0.3 is 13.8 Å². The van der Waals surface area contributed by atoms with Gasteiger partial charge in [0, 0.05) is 19.3 Å². The topological polar surface area (TPSA) is 120 Å². The predicted molar refractivity (Wildman–Crippen MR) is 109 cm³/mol. The molecule has 178 valence electrons. The van der Waals surface area contributed by atoms with Crippen molar-refractivity contribution in [2.45, 2.75) is 114 Å². The molecule has 0 radical (unpaired) electrons. The van der Waals surface area contributed by atoms with Crippen LogP contribution in [0.5, 0.6) is 0 Å². The zero-order valence-electron chi connectivity index (χ0n) is 18.2. The average molecular weight is 462 g/mol. The van der Waals surface area contributed by atoms with Gasteiger partial charge in [-0.3, -0.25) is 13.8 Å². The summed E-state index contributed by atoms with van der Waals surface area (Å²) in [5.74, 6) is -0.309. The highest BCUT2D eigenvalue weighted by molar-refractivity contribution is 7.47. The minimum atomic E-state index is -3.93. The number of carbonyl (C=O) groups excluding carboxylic acids is 1. The van der Waals surface area contributed by atoms with Gasteiger partial charge in [-0.25, -0.2) is 4.57 Å². The number of unbranched alkanes of at least 4 members (excludes halogenated alkanes) is 4. The maximum absolute atomic E-state index is 11.7. The summed E-state index contributed by atoms with van der Waals surface area (Å²) in [6, 6.07) is 0. The summed E-state index contributed by atoms with van der Waals surface area (Å²) in [7, 11) is -3.93. The Morgan fingerprint density at radius 3 is 2.23 bits per heavy atom. The summed E-state index contributed by atoms with van der Waals surface area (Å²) >= 11 is 0. The Balaban J connectivity index is 0.920. The van der Waals surface area contributed by atoms with Gasteiger partial charge in [-0.15, -0.1) is 0 Å². The van der Waals surface area contributed by atoms with E-state index in [1.165, 1.54) is 0 Å². The minimum Gasteiger partial charge on any atom is -0.463 e. The standard InChI is InChI=1S/C21H35O9P/c1-2-15-17(27-15)10-19-20(29-19)11-18-16(28-18)8-6-4-3-5-7-9-21(22)25-12-14-13-26-31(23,24)30-14/h14-20H,2-13H2,1H3,(H,23,24). The highest BCUT2D eigenvalue weighted by atomic mass is 31.2. The van der Waals surface area contributed by atoms with Crippen molar-refractivity contribution in [2.75, 3.05) is 13.2 Å². The highest BCUT2D eigenvalue weighted by Gasteiger charge is 2.51. The lowest BCUT2D eigenvalue weighted by molar-refractivity contribution is -0.146. The molecule has 0 amide bonds. The normalized spacial score (nSPS) is 40.6. The molecule has 0 aromatic carbocycles. The molecule has 0 bridgehead atoms. The number of esters is 1. The van der Waals surface area contributed by atoms with Gasteiger partial charge in [-0.05, 0) is 19.3 Å². The molecule has 4 fully saturated rings. The van der Waals surface area contributed by atoms with Crippen molar-refractivity contribution in [2.24, 2.45) is 0 Å². The molecule has 0 aromatic heterocycles.